The summed E-state index contributed by atoms with van der Waals surface area (Å²) < 4.78 is 0. The molecule has 26 heavy (non-hydrogen) atoms. The largest absolute Gasteiger partial charge is 0.361 e. The van der Waals surface area contributed by atoms with E-state index >= 15 is 0 Å². The van der Waals surface area contributed by atoms with E-state index in [-0.39, 0.29) is 11.4 Å². The number of hydrogen-bond donors (Lipinski definition) is 2. The summed E-state index contributed by atoms with van der Waals surface area (Å²) in [5.74, 6) is -0.0766. The molecule has 0 saturated carbocycles. The summed E-state index contributed by atoms with van der Waals surface area (Å²) in [6, 6.07) is 11.6. The van der Waals surface area contributed by atoms with Crippen LogP contribution in [0.5, 0.6) is 0 Å². The summed E-state index contributed by atoms with van der Waals surface area (Å²) in [7, 11) is 0. The van der Waals surface area contributed by atoms with Gasteiger partial charge in [0.1, 0.15) is 0 Å². The molecule has 0 fully saturated rings. The highest BCUT2D eigenvalue weighted by Gasteiger charge is 2.23. The fourth-order valence-corrected chi connectivity index (χ4v) is 2.68. The second kappa shape index (κ2) is 10.4. The van der Waals surface area contributed by atoms with Gasteiger partial charge >= 0.3 is 0 Å². The van der Waals surface area contributed by atoms with Crippen molar-refractivity contribution in [1.29, 1.82) is 0 Å². The molecule has 4 heteroatoms. The second-order valence-corrected chi connectivity index (χ2v) is 6.11. The van der Waals surface area contributed by atoms with E-state index in [4.69, 9.17) is 0 Å². The number of hydrogen-bond acceptors (Lipinski definition) is 2. The predicted molar refractivity (Wildman–Crippen MR) is 110 cm³/mol. The number of nitrogens with one attached hydrogen (secondary N) is 2. The number of aromatic amines is 1. The molecule has 2 heterocycles. The maximum Gasteiger partial charge on any atom is 0.251 e. The van der Waals surface area contributed by atoms with Crippen LogP contribution >= 0.6 is 0 Å². The Kier molecular flexibility index (Phi) is 8.56. The van der Waals surface area contributed by atoms with E-state index in [0.717, 1.165) is 11.9 Å². The molecule has 0 aliphatic carbocycles. The molecular formula is C22H31N3O. The lowest BCUT2D eigenvalue weighted by Crippen LogP contribution is -2.45. The molecule has 0 aliphatic heterocycles. The lowest BCUT2D eigenvalue weighted by Gasteiger charge is -2.26. The highest BCUT2D eigenvalue weighted by atomic mass is 16.1. The molecule has 0 aliphatic rings. The number of amides is 1. The van der Waals surface area contributed by atoms with Crippen LogP contribution in [0.4, 0.5) is 0 Å². The average Bonchev–Trinajstić information content (AvgIpc) is 3.08. The van der Waals surface area contributed by atoms with E-state index in [2.05, 4.69) is 27.4 Å². The number of aromatic nitrogens is 2. The molecule has 2 aromatic heterocycles. The van der Waals surface area contributed by atoms with E-state index < -0.39 is 0 Å². The lowest BCUT2D eigenvalue weighted by atomic mass is 9.94. The third kappa shape index (κ3) is 5.73. The topological polar surface area (TPSA) is 57.8 Å². The van der Waals surface area contributed by atoms with Crippen molar-refractivity contribution in [1.82, 2.24) is 15.3 Å². The van der Waals surface area contributed by atoms with Gasteiger partial charge in [0.05, 0.1) is 0 Å². The van der Waals surface area contributed by atoms with E-state index in [1.54, 1.807) is 24.5 Å². The Bertz CT molecular complexity index is 791. The van der Waals surface area contributed by atoms with Crippen molar-refractivity contribution < 1.29 is 4.79 Å². The van der Waals surface area contributed by atoms with Crippen LogP contribution in [0.2, 0.25) is 0 Å². The van der Waals surface area contributed by atoms with E-state index in [1.807, 2.05) is 59.9 Å². The number of carbonyl (C=O) groups is 1. The minimum absolute atomic E-state index is 0.0766. The Balaban J connectivity index is 0.000000791. The van der Waals surface area contributed by atoms with Gasteiger partial charge in [-0.2, -0.15) is 0 Å². The van der Waals surface area contributed by atoms with Gasteiger partial charge in [-0.3, -0.25) is 9.78 Å². The summed E-state index contributed by atoms with van der Waals surface area (Å²) >= 11 is 0. The first-order valence-corrected chi connectivity index (χ1v) is 9.33. The van der Waals surface area contributed by atoms with Crippen molar-refractivity contribution in [3.63, 3.8) is 0 Å². The molecule has 4 nitrogen and oxygen atoms in total. The Morgan fingerprint density at radius 2 is 1.65 bits per heavy atom. The molecular weight excluding hydrogens is 322 g/mol. The van der Waals surface area contributed by atoms with Gasteiger partial charge in [0.25, 0.3) is 5.91 Å². The zero-order chi connectivity index (χ0) is 19.6. The molecule has 3 aromatic rings. The number of H-pyrrole nitrogens is 1. The fourth-order valence-electron chi connectivity index (χ4n) is 2.68. The van der Waals surface area contributed by atoms with Crippen molar-refractivity contribution in [2.45, 2.75) is 53.5 Å². The molecule has 2 N–H and O–H groups in total. The normalized spacial score (nSPS) is 10.2. The highest BCUT2D eigenvalue weighted by molar-refractivity contribution is 5.94. The van der Waals surface area contributed by atoms with Crippen molar-refractivity contribution in [2.75, 3.05) is 0 Å². The van der Waals surface area contributed by atoms with Crippen LogP contribution in [-0.4, -0.2) is 21.4 Å². The van der Waals surface area contributed by atoms with Gasteiger partial charge in [-0.05, 0) is 44.0 Å². The van der Waals surface area contributed by atoms with Gasteiger partial charge in [0, 0.05) is 40.6 Å². The SMILES string of the molecule is CC.CC.CC(C)(Cc1c[nH]c2ccccc12)NC(=O)c1ccncc1. The first kappa shape index (κ1) is 21.4. The van der Waals surface area contributed by atoms with Gasteiger partial charge in [0.2, 0.25) is 0 Å². The third-order valence-corrected chi connectivity index (χ3v) is 3.70. The molecule has 0 unspecified atom stereocenters. The molecule has 0 saturated heterocycles. The number of carbonyl (C=O) groups excluding carboxylic acids is 1. The Morgan fingerprint density at radius 3 is 2.31 bits per heavy atom. The molecule has 3 rings (SSSR count). The zero-order valence-corrected chi connectivity index (χ0v) is 16.8. The second-order valence-electron chi connectivity index (χ2n) is 6.11. The third-order valence-electron chi connectivity index (χ3n) is 3.70. The average molecular weight is 354 g/mol. The molecule has 0 bridgehead atoms. The molecule has 0 radical (unpaired) electrons. The van der Waals surface area contributed by atoms with E-state index in [0.29, 0.717) is 5.56 Å². The minimum atomic E-state index is -0.342. The maximum absolute atomic E-state index is 12.3. The maximum atomic E-state index is 12.3. The van der Waals surface area contributed by atoms with Crippen LogP contribution in [0.1, 0.15) is 57.5 Å². The monoisotopic (exact) mass is 353 g/mol. The summed E-state index contributed by atoms with van der Waals surface area (Å²) in [5.41, 5.74) is 2.61. The Hall–Kier alpha value is -2.62. The van der Waals surface area contributed by atoms with Crippen LogP contribution in [0.25, 0.3) is 10.9 Å². The van der Waals surface area contributed by atoms with Crippen LogP contribution in [0, 0.1) is 0 Å². The summed E-state index contributed by atoms with van der Waals surface area (Å²) in [4.78, 5) is 19.5. The smallest absolute Gasteiger partial charge is 0.251 e. The summed E-state index contributed by atoms with van der Waals surface area (Å²) in [6.07, 6.45) is 6.03. The highest BCUT2D eigenvalue weighted by Crippen LogP contribution is 2.22. The van der Waals surface area contributed by atoms with E-state index in [1.165, 1.54) is 10.9 Å². The van der Waals surface area contributed by atoms with Crippen LogP contribution < -0.4 is 5.32 Å². The molecule has 140 valence electrons. The Labute approximate surface area is 157 Å². The van der Waals surface area contributed by atoms with Crippen molar-refractivity contribution in [3.8, 4) is 0 Å². The van der Waals surface area contributed by atoms with Crippen LogP contribution in [0.3, 0.4) is 0 Å². The van der Waals surface area contributed by atoms with Gasteiger partial charge in [-0.1, -0.05) is 45.9 Å². The van der Waals surface area contributed by atoms with Crippen LogP contribution in [0.15, 0.2) is 55.0 Å². The minimum Gasteiger partial charge on any atom is -0.361 e. The van der Waals surface area contributed by atoms with Crippen molar-refractivity contribution >= 4 is 16.8 Å². The number of pyridine rings is 1. The van der Waals surface area contributed by atoms with Crippen molar-refractivity contribution in [2.24, 2.45) is 0 Å². The molecule has 1 amide bonds. The number of rotatable bonds is 4. The molecule has 0 atom stereocenters. The standard InChI is InChI=1S/C18H19N3O.2C2H6/c1-18(2,21-17(22)13-7-9-19-10-8-13)11-14-12-20-16-6-4-3-5-15(14)16;2*1-2/h3-10,12,20H,11H2,1-2H3,(H,21,22);2*1-2H3. The Morgan fingerprint density at radius 1 is 1.04 bits per heavy atom. The van der Waals surface area contributed by atoms with Gasteiger partial charge in [0.15, 0.2) is 0 Å². The lowest BCUT2D eigenvalue weighted by molar-refractivity contribution is 0.0913. The summed E-state index contributed by atoms with van der Waals surface area (Å²) in [5, 5.41) is 4.30. The van der Waals surface area contributed by atoms with Crippen LogP contribution in [-0.2, 0) is 6.42 Å². The van der Waals surface area contributed by atoms with Gasteiger partial charge in [-0.15, -0.1) is 0 Å². The predicted octanol–water partition coefficient (Wildman–Crippen LogP) is 5.37. The quantitative estimate of drug-likeness (QED) is 0.663. The molecule has 1 aromatic carbocycles. The first-order valence-electron chi connectivity index (χ1n) is 9.33. The first-order chi connectivity index (χ1) is 12.6. The number of nitrogens with zero attached hydrogens (tertiary/aromatic N) is 1. The number of benzene rings is 1. The zero-order valence-electron chi connectivity index (χ0n) is 16.8. The number of fused-ring (bicyclic) bond motifs is 1. The van der Waals surface area contributed by atoms with Crippen molar-refractivity contribution in [3.05, 3.63) is 66.1 Å². The van der Waals surface area contributed by atoms with Gasteiger partial charge < -0.3 is 10.3 Å². The van der Waals surface area contributed by atoms with Gasteiger partial charge in [-0.25, -0.2) is 0 Å². The van der Waals surface area contributed by atoms with E-state index in [9.17, 15) is 4.79 Å². The number of para-hydroxylation sites is 1. The summed E-state index contributed by atoms with van der Waals surface area (Å²) in [6.45, 7) is 12.1. The molecule has 0 spiro atoms. The fraction of sp³-hybridized carbons (Fsp3) is 0.364.